The highest BCUT2D eigenvalue weighted by Gasteiger charge is 2.56. The van der Waals surface area contributed by atoms with Crippen LogP contribution in [0.1, 0.15) is 88.6 Å². The molecule has 3 rings (SSSR count). The number of H-pyrrole nitrogens is 1. The van der Waals surface area contributed by atoms with E-state index in [0.29, 0.717) is 16.5 Å². The van der Waals surface area contributed by atoms with Gasteiger partial charge in [-0.2, -0.15) is 0 Å². The van der Waals surface area contributed by atoms with E-state index < -0.39 is 90.9 Å². The highest BCUT2D eigenvalue weighted by Crippen LogP contribution is 2.36. The van der Waals surface area contributed by atoms with Crippen molar-refractivity contribution in [3.63, 3.8) is 0 Å². The van der Waals surface area contributed by atoms with Crippen LogP contribution in [0.2, 0.25) is 19.6 Å². The van der Waals surface area contributed by atoms with E-state index in [2.05, 4.69) is 41.3 Å². The first-order valence-corrected chi connectivity index (χ1v) is 20.7. The summed E-state index contributed by atoms with van der Waals surface area (Å²) < 4.78 is 36.8. The van der Waals surface area contributed by atoms with E-state index in [-0.39, 0.29) is 5.88 Å². The van der Waals surface area contributed by atoms with Gasteiger partial charge in [0.25, 0.3) is 0 Å². The number of carbonyl (C=O) groups is 4. The van der Waals surface area contributed by atoms with Crippen molar-refractivity contribution in [2.45, 2.75) is 133 Å². The summed E-state index contributed by atoms with van der Waals surface area (Å²) in [6.45, 7) is 26.1. The molecule has 0 unspecified atom stereocenters. The number of aromatic nitrogens is 2. The molecule has 1 saturated heterocycles. The van der Waals surface area contributed by atoms with Crippen LogP contribution in [0.5, 0.6) is 5.88 Å². The Morgan fingerprint density at radius 1 is 0.745 bits per heavy atom. The molecule has 282 valence electrons. The van der Waals surface area contributed by atoms with E-state index in [1.165, 1.54) is 0 Å². The van der Waals surface area contributed by atoms with Gasteiger partial charge in [-0.15, -0.1) is 10.6 Å². The van der Waals surface area contributed by atoms with Crippen molar-refractivity contribution < 1.29 is 47.6 Å². The predicted octanol–water partition coefficient (Wildman–Crippen LogP) is 6.36. The van der Waals surface area contributed by atoms with E-state index in [9.17, 15) is 19.2 Å². The molecular weight excluding hydrogens is 673 g/mol. The Labute approximate surface area is 303 Å². The zero-order valence-corrected chi connectivity index (χ0v) is 33.9. The van der Waals surface area contributed by atoms with Gasteiger partial charge in [-0.3, -0.25) is 24.3 Å². The van der Waals surface area contributed by atoms with E-state index >= 15 is 0 Å². The van der Waals surface area contributed by atoms with Gasteiger partial charge in [0.2, 0.25) is 18.3 Å². The molecule has 2 heterocycles. The number of aromatic amines is 1. The molecule has 1 aliphatic rings. The minimum Gasteiger partial charge on any atom is -0.462 e. The molecule has 1 aromatic heterocycles. The summed E-state index contributed by atoms with van der Waals surface area (Å²) in [7, 11) is -1.78. The van der Waals surface area contributed by atoms with Crippen LogP contribution < -0.4 is 4.74 Å². The zero-order chi connectivity index (χ0) is 38.9. The van der Waals surface area contributed by atoms with Crippen LogP contribution in [0.15, 0.2) is 18.2 Å². The number of nitrogens with zero attached hydrogens (tertiary/aromatic N) is 1. The van der Waals surface area contributed by atoms with Crippen molar-refractivity contribution in [3.8, 4) is 17.3 Å². The van der Waals surface area contributed by atoms with E-state index in [1.807, 2.05) is 18.2 Å². The van der Waals surface area contributed by atoms with Gasteiger partial charge in [-0.25, -0.2) is 0 Å². The number of hydrogen-bond acceptors (Lipinski definition) is 11. The Morgan fingerprint density at radius 3 is 1.73 bits per heavy atom. The number of fused-ring (bicyclic) bond motifs is 1. The maximum Gasteiger partial charge on any atom is 0.311 e. The number of esters is 4. The molecule has 0 amide bonds. The summed E-state index contributed by atoms with van der Waals surface area (Å²) in [5, 5.41) is 7.93. The van der Waals surface area contributed by atoms with Crippen LogP contribution in [-0.2, 0) is 42.9 Å². The summed E-state index contributed by atoms with van der Waals surface area (Å²) in [5.74, 6) is 0.836. The summed E-state index contributed by atoms with van der Waals surface area (Å²) >= 11 is 0. The third-order valence-electron chi connectivity index (χ3n) is 7.50. The lowest BCUT2D eigenvalue weighted by molar-refractivity contribution is -0.294. The lowest BCUT2D eigenvalue weighted by Gasteiger charge is -2.45. The molecule has 0 saturated carbocycles. The summed E-state index contributed by atoms with van der Waals surface area (Å²) in [5.41, 5.74) is 0.782. The molecule has 0 aliphatic carbocycles. The number of rotatable bonds is 7. The smallest absolute Gasteiger partial charge is 0.311 e. The maximum atomic E-state index is 13.6. The van der Waals surface area contributed by atoms with Gasteiger partial charge in [0.15, 0.2) is 12.2 Å². The average Bonchev–Trinajstić information content (AvgIpc) is 3.38. The van der Waals surface area contributed by atoms with Crippen LogP contribution in [0.25, 0.3) is 10.9 Å². The van der Waals surface area contributed by atoms with Gasteiger partial charge in [-0.1, -0.05) is 31.6 Å². The van der Waals surface area contributed by atoms with Crippen LogP contribution in [0, 0.1) is 33.1 Å². The fourth-order valence-corrected chi connectivity index (χ4v) is 4.89. The fourth-order valence-electron chi connectivity index (χ4n) is 4.38. The standard InChI is InChI=1S/C38H56N2O10Si/c1-35(2,3)31(41)45-21-24-26(47-32(42)36(4,5)6)27(48-33(43)37(7,8)9)28(49-34(44)38(10,11)12)30(46-24)50-29-25-22(19-20-51(13,14)15)17-16-18-23(25)39-40-29/h16-18,24,26-28,30H,21H2,1-15H3,(H,39,40)/t24-,26-,27+,28-,30+/m1/s1. The topological polar surface area (TPSA) is 152 Å². The van der Waals surface area contributed by atoms with Crippen LogP contribution in [0.3, 0.4) is 0 Å². The first-order valence-electron chi connectivity index (χ1n) is 17.2. The van der Waals surface area contributed by atoms with Crippen LogP contribution in [0.4, 0.5) is 0 Å². The van der Waals surface area contributed by atoms with Gasteiger partial charge in [-0.05, 0) is 95.2 Å². The van der Waals surface area contributed by atoms with Crippen molar-refractivity contribution in [2.24, 2.45) is 21.7 Å². The van der Waals surface area contributed by atoms with E-state index in [1.54, 1.807) is 83.1 Å². The van der Waals surface area contributed by atoms with Crippen LogP contribution in [-0.4, -0.2) is 79.5 Å². The molecule has 1 aromatic carbocycles. The largest absolute Gasteiger partial charge is 0.462 e. The highest BCUT2D eigenvalue weighted by atomic mass is 28.3. The summed E-state index contributed by atoms with van der Waals surface area (Å²) in [6.07, 6.45) is -7.03. The van der Waals surface area contributed by atoms with Crippen molar-refractivity contribution >= 4 is 42.9 Å². The molecule has 51 heavy (non-hydrogen) atoms. The van der Waals surface area contributed by atoms with Crippen molar-refractivity contribution in [1.29, 1.82) is 0 Å². The molecule has 5 atom stereocenters. The third-order valence-corrected chi connectivity index (χ3v) is 8.38. The van der Waals surface area contributed by atoms with Crippen LogP contribution >= 0.6 is 0 Å². The predicted molar refractivity (Wildman–Crippen MR) is 194 cm³/mol. The maximum absolute atomic E-state index is 13.6. The number of ether oxygens (including phenoxy) is 6. The van der Waals surface area contributed by atoms with Crippen molar-refractivity contribution in [2.75, 3.05) is 6.61 Å². The molecule has 0 radical (unpaired) electrons. The Hall–Kier alpha value is -3.89. The Kier molecular flexibility index (Phi) is 12.2. The quantitative estimate of drug-likeness (QED) is 0.147. The van der Waals surface area contributed by atoms with Gasteiger partial charge < -0.3 is 28.4 Å². The van der Waals surface area contributed by atoms with Crippen molar-refractivity contribution in [3.05, 3.63) is 23.8 Å². The second kappa shape index (κ2) is 15.0. The second-order valence-corrected chi connectivity index (χ2v) is 22.9. The normalized spacial score (nSPS) is 21.6. The number of benzene rings is 1. The molecule has 13 heteroatoms. The third kappa shape index (κ3) is 11.0. The molecule has 0 spiro atoms. The Balaban J connectivity index is 2.26. The number of hydrogen-bond donors (Lipinski definition) is 1. The first kappa shape index (κ1) is 41.5. The molecule has 1 aliphatic heterocycles. The second-order valence-electron chi connectivity index (χ2n) is 18.1. The SMILES string of the molecule is CC(C)(C)C(=O)OC[C@H]1O[C@@H](Oc2n[nH]c3cccc(C#C[Si](C)(C)C)c23)[C@H](OC(=O)C(C)(C)C)[C@@H](OC(=O)C(C)(C)C)[C@@H]1OC(=O)C(C)(C)C. The van der Waals surface area contributed by atoms with Gasteiger partial charge in [0, 0.05) is 5.56 Å². The van der Waals surface area contributed by atoms with Crippen molar-refractivity contribution in [1.82, 2.24) is 10.2 Å². The van der Waals surface area contributed by atoms with Gasteiger partial charge >= 0.3 is 23.9 Å². The zero-order valence-electron chi connectivity index (χ0n) is 32.9. The molecule has 2 aromatic rings. The van der Waals surface area contributed by atoms with Gasteiger partial charge in [0.1, 0.15) is 20.8 Å². The summed E-state index contributed by atoms with van der Waals surface area (Å²) in [6, 6.07) is 5.51. The number of nitrogens with one attached hydrogen (secondary N) is 1. The highest BCUT2D eigenvalue weighted by molar-refractivity contribution is 6.83. The summed E-state index contributed by atoms with van der Waals surface area (Å²) in [4.78, 5) is 53.6. The molecule has 1 fully saturated rings. The molecular formula is C38H56N2O10Si. The first-order chi connectivity index (χ1) is 23.1. The Bertz CT molecular complexity index is 1670. The monoisotopic (exact) mass is 728 g/mol. The average molecular weight is 729 g/mol. The fraction of sp³-hybridized carbons (Fsp3) is 0.658. The van der Waals surface area contributed by atoms with E-state index in [4.69, 9.17) is 28.4 Å². The minimum absolute atomic E-state index is 0.0868. The van der Waals surface area contributed by atoms with Gasteiger partial charge in [0.05, 0.1) is 32.6 Å². The number of carbonyl (C=O) groups excluding carboxylic acids is 4. The Morgan fingerprint density at radius 2 is 1.24 bits per heavy atom. The molecule has 12 nitrogen and oxygen atoms in total. The lowest BCUT2D eigenvalue weighted by Crippen LogP contribution is -2.65. The molecule has 0 bridgehead atoms. The minimum atomic E-state index is -1.78. The molecule has 1 N–H and O–H groups in total. The lowest BCUT2D eigenvalue weighted by atomic mass is 9.93. The van der Waals surface area contributed by atoms with E-state index in [0.717, 1.165) is 0 Å².